The molecule has 0 radical (unpaired) electrons. The SMILES string of the molecule is c1cc[o+]cc1.c1ccncc1. The van der Waals surface area contributed by atoms with E-state index >= 15 is 0 Å². The first-order chi connectivity index (χ1) is 6.00. The summed E-state index contributed by atoms with van der Waals surface area (Å²) < 4.78 is 4.68. The van der Waals surface area contributed by atoms with Crippen molar-refractivity contribution >= 4 is 0 Å². The third kappa shape index (κ3) is 4.17. The summed E-state index contributed by atoms with van der Waals surface area (Å²) >= 11 is 0. The number of hydrogen-bond donors (Lipinski definition) is 0. The van der Waals surface area contributed by atoms with Crippen LogP contribution in [-0.4, -0.2) is 4.98 Å². The lowest BCUT2D eigenvalue weighted by Crippen LogP contribution is -1.58. The van der Waals surface area contributed by atoms with Gasteiger partial charge < -0.3 is 0 Å². The van der Waals surface area contributed by atoms with Crippen LogP contribution in [0.25, 0.3) is 0 Å². The highest BCUT2D eigenvalue weighted by Gasteiger charge is 1.72. The first-order valence-electron chi connectivity index (χ1n) is 3.65. The molecule has 0 bridgehead atoms. The van der Waals surface area contributed by atoms with Gasteiger partial charge in [-0.25, -0.2) is 4.42 Å². The minimum absolute atomic E-state index is 1.62. The Bertz CT molecular complexity index is 185. The summed E-state index contributed by atoms with van der Waals surface area (Å²) in [6.45, 7) is 0. The molecule has 0 fully saturated rings. The lowest BCUT2D eigenvalue weighted by atomic mass is 10.5. The van der Waals surface area contributed by atoms with Crippen LogP contribution in [0.2, 0.25) is 0 Å². The van der Waals surface area contributed by atoms with Gasteiger partial charge in [-0.3, -0.25) is 4.98 Å². The Morgan fingerprint density at radius 1 is 0.667 bits per heavy atom. The van der Waals surface area contributed by atoms with E-state index < -0.39 is 0 Å². The quantitative estimate of drug-likeness (QED) is 0.553. The molecule has 0 saturated carbocycles. The highest BCUT2D eigenvalue weighted by Crippen LogP contribution is 1.79. The van der Waals surface area contributed by atoms with Gasteiger partial charge in [0.1, 0.15) is 0 Å². The van der Waals surface area contributed by atoms with Crippen LogP contribution in [0, 0.1) is 0 Å². The molecular weight excluding hydrogens is 150 g/mol. The van der Waals surface area contributed by atoms with E-state index in [0.717, 1.165) is 0 Å². The van der Waals surface area contributed by atoms with Crippen molar-refractivity contribution in [2.75, 3.05) is 0 Å². The normalized spacial score (nSPS) is 8.00. The molecule has 2 heteroatoms. The fraction of sp³-hybridized carbons (Fsp3) is 0. The van der Waals surface area contributed by atoms with Crippen LogP contribution in [0.1, 0.15) is 0 Å². The summed E-state index contributed by atoms with van der Waals surface area (Å²) in [6.07, 6.45) is 6.75. The molecular formula is C10H10NO+. The predicted molar refractivity (Wildman–Crippen MR) is 47.4 cm³/mol. The minimum Gasteiger partial charge on any atom is -0.265 e. The smallest absolute Gasteiger partial charge is 0.265 e. The van der Waals surface area contributed by atoms with Gasteiger partial charge in [0.2, 0.25) is 0 Å². The zero-order valence-corrected chi connectivity index (χ0v) is 6.63. The Morgan fingerprint density at radius 2 is 1.25 bits per heavy atom. The standard InChI is InChI=1S/C5H5N.C5H5O/c2*1-2-4-6-5-3-1/h2*1-5H/q;+1. The molecule has 0 N–H and O–H groups in total. The van der Waals surface area contributed by atoms with Crippen LogP contribution in [0.3, 0.4) is 0 Å². The Hall–Kier alpha value is -1.70. The largest absolute Gasteiger partial charge is 0.317 e. The van der Waals surface area contributed by atoms with Crippen LogP contribution in [0.5, 0.6) is 0 Å². The maximum Gasteiger partial charge on any atom is 0.317 e. The summed E-state index contributed by atoms with van der Waals surface area (Å²) in [6, 6.07) is 11.3. The molecule has 0 aliphatic heterocycles. The number of rotatable bonds is 0. The van der Waals surface area contributed by atoms with Crippen molar-refractivity contribution in [1.29, 1.82) is 0 Å². The first-order valence-corrected chi connectivity index (χ1v) is 3.65. The molecule has 2 heterocycles. The van der Waals surface area contributed by atoms with Crippen molar-refractivity contribution in [2.24, 2.45) is 0 Å². The van der Waals surface area contributed by atoms with Gasteiger partial charge in [-0.1, -0.05) is 6.07 Å². The molecule has 0 saturated heterocycles. The first kappa shape index (κ1) is 8.40. The number of aromatic nitrogens is 1. The third-order valence-corrected chi connectivity index (χ3v) is 1.10. The van der Waals surface area contributed by atoms with E-state index in [-0.39, 0.29) is 0 Å². The lowest BCUT2D eigenvalue weighted by molar-refractivity contribution is 0.550. The molecule has 0 aliphatic carbocycles. The van der Waals surface area contributed by atoms with Crippen LogP contribution in [-0.2, 0) is 0 Å². The molecule has 0 aromatic carbocycles. The van der Waals surface area contributed by atoms with Crippen molar-refractivity contribution in [2.45, 2.75) is 0 Å². The maximum atomic E-state index is 4.68. The van der Waals surface area contributed by atoms with E-state index in [1.807, 2.05) is 36.4 Å². The predicted octanol–water partition coefficient (Wildman–Crippen LogP) is 2.64. The van der Waals surface area contributed by atoms with E-state index in [4.69, 9.17) is 0 Å². The van der Waals surface area contributed by atoms with E-state index in [0.29, 0.717) is 0 Å². The zero-order chi connectivity index (χ0) is 8.49. The van der Waals surface area contributed by atoms with E-state index in [2.05, 4.69) is 9.40 Å². The second-order valence-electron chi connectivity index (χ2n) is 2.01. The fourth-order valence-electron chi connectivity index (χ4n) is 0.604. The summed E-state index contributed by atoms with van der Waals surface area (Å²) in [7, 11) is 0. The molecule has 0 spiro atoms. The molecule has 0 aliphatic rings. The third-order valence-electron chi connectivity index (χ3n) is 1.10. The van der Waals surface area contributed by atoms with Crippen molar-refractivity contribution < 1.29 is 4.42 Å². The summed E-state index contributed by atoms with van der Waals surface area (Å²) in [4.78, 5) is 3.78. The van der Waals surface area contributed by atoms with Gasteiger partial charge in [-0.05, 0) is 18.2 Å². The van der Waals surface area contributed by atoms with E-state index in [9.17, 15) is 0 Å². The van der Waals surface area contributed by atoms with Gasteiger partial charge >= 0.3 is 12.5 Å². The van der Waals surface area contributed by atoms with Crippen molar-refractivity contribution in [3.63, 3.8) is 0 Å². The van der Waals surface area contributed by atoms with Crippen LogP contribution >= 0.6 is 0 Å². The van der Waals surface area contributed by atoms with Gasteiger partial charge in [-0.15, -0.1) is 0 Å². The molecule has 2 aromatic rings. The highest BCUT2D eigenvalue weighted by molar-refractivity contribution is 4.88. The Kier molecular flexibility index (Phi) is 4.23. The monoisotopic (exact) mass is 160 g/mol. The van der Waals surface area contributed by atoms with Crippen molar-refractivity contribution in [3.05, 3.63) is 61.3 Å². The van der Waals surface area contributed by atoms with Gasteiger partial charge in [0.25, 0.3) is 0 Å². The molecule has 2 nitrogen and oxygen atoms in total. The summed E-state index contributed by atoms with van der Waals surface area (Å²) in [5.74, 6) is 0. The Labute approximate surface area is 71.5 Å². The average molecular weight is 160 g/mol. The van der Waals surface area contributed by atoms with Crippen LogP contribution in [0.15, 0.2) is 65.7 Å². The lowest BCUT2D eigenvalue weighted by Gasteiger charge is -1.70. The summed E-state index contributed by atoms with van der Waals surface area (Å²) in [5, 5.41) is 0. The molecule has 0 amide bonds. The molecule has 0 unspecified atom stereocenters. The Balaban J connectivity index is 0.000000120. The van der Waals surface area contributed by atoms with Crippen molar-refractivity contribution in [1.82, 2.24) is 4.98 Å². The zero-order valence-electron chi connectivity index (χ0n) is 6.63. The molecule has 60 valence electrons. The fourth-order valence-corrected chi connectivity index (χ4v) is 0.604. The van der Waals surface area contributed by atoms with Crippen molar-refractivity contribution in [3.8, 4) is 0 Å². The van der Waals surface area contributed by atoms with Crippen LogP contribution in [0.4, 0.5) is 0 Å². The molecule has 2 rings (SSSR count). The van der Waals surface area contributed by atoms with Gasteiger partial charge in [0.05, 0.1) is 0 Å². The maximum absolute atomic E-state index is 4.68. The minimum atomic E-state index is 1.62. The second-order valence-corrected chi connectivity index (χ2v) is 2.01. The summed E-state index contributed by atoms with van der Waals surface area (Å²) in [5.41, 5.74) is 0. The van der Waals surface area contributed by atoms with Crippen LogP contribution < -0.4 is 0 Å². The van der Waals surface area contributed by atoms with Gasteiger partial charge in [0, 0.05) is 24.5 Å². The average Bonchev–Trinajstić information content (AvgIpc) is 2.24. The van der Waals surface area contributed by atoms with E-state index in [1.54, 1.807) is 24.9 Å². The number of hydrogen-bond acceptors (Lipinski definition) is 1. The number of nitrogens with zero attached hydrogens (tertiary/aromatic N) is 1. The van der Waals surface area contributed by atoms with Gasteiger partial charge in [0.15, 0.2) is 0 Å². The molecule has 12 heavy (non-hydrogen) atoms. The van der Waals surface area contributed by atoms with Gasteiger partial charge in [-0.2, -0.15) is 0 Å². The molecule has 2 aromatic heterocycles. The van der Waals surface area contributed by atoms with E-state index in [1.165, 1.54) is 0 Å². The second kappa shape index (κ2) is 6.04. The Morgan fingerprint density at radius 3 is 1.42 bits per heavy atom. The highest BCUT2D eigenvalue weighted by atomic mass is 16.3. The number of pyridine rings is 1. The molecule has 0 atom stereocenters. The topological polar surface area (TPSA) is 24.2 Å².